The van der Waals surface area contributed by atoms with Gasteiger partial charge in [-0.25, -0.2) is 0 Å². The molecule has 3 aliphatic rings. The molecular weight excluding hydrogens is 266 g/mol. The van der Waals surface area contributed by atoms with E-state index >= 15 is 0 Å². The molecule has 3 aliphatic heterocycles. The maximum absolute atomic E-state index is 12.8. The third-order valence-corrected chi connectivity index (χ3v) is 7.06. The van der Waals surface area contributed by atoms with E-state index in [1.807, 2.05) is 0 Å². The first-order valence-corrected chi connectivity index (χ1v) is 8.40. The smallest absolute Gasteiger partial charge is 0.282 e. The summed E-state index contributed by atoms with van der Waals surface area (Å²) in [6, 6.07) is 0. The van der Waals surface area contributed by atoms with Crippen LogP contribution in [0.4, 0.5) is 0 Å². The van der Waals surface area contributed by atoms with Crippen molar-refractivity contribution in [2.75, 3.05) is 45.9 Å². The van der Waals surface area contributed by atoms with E-state index < -0.39 is 10.2 Å². The monoisotopic (exact) mass is 289 g/mol. The fourth-order valence-electron chi connectivity index (χ4n) is 3.69. The molecular formula is C12H23N3O3S. The molecule has 0 aromatic carbocycles. The van der Waals surface area contributed by atoms with Crippen LogP contribution in [0.2, 0.25) is 0 Å². The molecule has 7 heteroatoms. The highest BCUT2D eigenvalue weighted by molar-refractivity contribution is 7.86. The fourth-order valence-corrected chi connectivity index (χ4v) is 5.69. The molecule has 3 rings (SSSR count). The Morgan fingerprint density at radius 1 is 1.21 bits per heavy atom. The Kier molecular flexibility index (Phi) is 3.38. The van der Waals surface area contributed by atoms with E-state index in [1.165, 1.54) is 0 Å². The van der Waals surface area contributed by atoms with Gasteiger partial charge in [0.2, 0.25) is 0 Å². The van der Waals surface area contributed by atoms with Crippen LogP contribution in [0.15, 0.2) is 0 Å². The number of ether oxygens (including phenoxy) is 1. The fraction of sp³-hybridized carbons (Fsp3) is 1.00. The van der Waals surface area contributed by atoms with Crippen molar-refractivity contribution >= 4 is 10.2 Å². The molecule has 3 fully saturated rings. The van der Waals surface area contributed by atoms with Crippen LogP contribution in [-0.2, 0) is 14.9 Å². The minimum Gasteiger partial charge on any atom is -0.379 e. The molecule has 0 aromatic heterocycles. The maximum Gasteiger partial charge on any atom is 0.282 e. The van der Waals surface area contributed by atoms with Crippen molar-refractivity contribution in [3.8, 4) is 0 Å². The Labute approximate surface area is 115 Å². The van der Waals surface area contributed by atoms with Crippen molar-refractivity contribution < 1.29 is 13.2 Å². The van der Waals surface area contributed by atoms with Crippen LogP contribution < -0.4 is 5.32 Å². The zero-order valence-corrected chi connectivity index (χ0v) is 12.4. The van der Waals surface area contributed by atoms with Gasteiger partial charge in [-0.2, -0.15) is 17.0 Å². The van der Waals surface area contributed by atoms with Crippen molar-refractivity contribution in [1.82, 2.24) is 13.9 Å². The standard InChI is InChI=1S/C12H23N3O3S/c1-12(2)11-8-13-7-10(11)9-15(12)19(16,17)14-3-5-18-6-4-14/h10-11,13H,3-9H2,1-2H3. The van der Waals surface area contributed by atoms with E-state index in [9.17, 15) is 8.42 Å². The van der Waals surface area contributed by atoms with Gasteiger partial charge in [-0.1, -0.05) is 0 Å². The molecule has 2 unspecified atom stereocenters. The molecule has 0 spiro atoms. The molecule has 0 saturated carbocycles. The van der Waals surface area contributed by atoms with Crippen LogP contribution in [0, 0.1) is 11.8 Å². The van der Waals surface area contributed by atoms with Crippen LogP contribution in [0.5, 0.6) is 0 Å². The van der Waals surface area contributed by atoms with Crippen LogP contribution in [0.3, 0.4) is 0 Å². The van der Waals surface area contributed by atoms with Gasteiger partial charge in [0.1, 0.15) is 0 Å². The summed E-state index contributed by atoms with van der Waals surface area (Å²) in [5.74, 6) is 0.870. The largest absolute Gasteiger partial charge is 0.379 e. The molecule has 0 bridgehead atoms. The molecule has 0 aromatic rings. The van der Waals surface area contributed by atoms with E-state index in [-0.39, 0.29) is 5.54 Å². The highest BCUT2D eigenvalue weighted by atomic mass is 32.2. The zero-order chi connectivity index (χ0) is 13.7. The summed E-state index contributed by atoms with van der Waals surface area (Å²) < 4.78 is 34.2. The van der Waals surface area contributed by atoms with E-state index in [4.69, 9.17) is 4.74 Å². The van der Waals surface area contributed by atoms with Gasteiger partial charge in [0, 0.05) is 31.7 Å². The number of nitrogens with one attached hydrogen (secondary N) is 1. The molecule has 6 nitrogen and oxygen atoms in total. The summed E-state index contributed by atoms with van der Waals surface area (Å²) in [6.45, 7) is 8.57. The first-order chi connectivity index (χ1) is 8.94. The summed E-state index contributed by atoms with van der Waals surface area (Å²) in [6.07, 6.45) is 0. The summed E-state index contributed by atoms with van der Waals surface area (Å²) >= 11 is 0. The second-order valence-electron chi connectivity index (χ2n) is 6.23. The lowest BCUT2D eigenvalue weighted by molar-refractivity contribution is 0.0680. The van der Waals surface area contributed by atoms with E-state index in [1.54, 1.807) is 8.61 Å². The average Bonchev–Trinajstić information content (AvgIpc) is 2.93. The minimum absolute atomic E-state index is 0.300. The molecule has 0 amide bonds. The quantitative estimate of drug-likeness (QED) is 0.744. The molecule has 3 heterocycles. The first-order valence-electron chi connectivity index (χ1n) is 7.00. The normalized spacial score (nSPS) is 36.5. The van der Waals surface area contributed by atoms with Gasteiger partial charge in [-0.3, -0.25) is 0 Å². The number of fused-ring (bicyclic) bond motifs is 1. The Bertz CT molecular complexity index is 445. The lowest BCUT2D eigenvalue weighted by Crippen LogP contribution is -2.55. The summed E-state index contributed by atoms with van der Waals surface area (Å²) in [7, 11) is -3.35. The number of nitrogens with zero attached hydrogens (tertiary/aromatic N) is 2. The molecule has 0 aliphatic carbocycles. The van der Waals surface area contributed by atoms with Gasteiger partial charge in [0.15, 0.2) is 0 Å². The van der Waals surface area contributed by atoms with Crippen molar-refractivity contribution in [2.24, 2.45) is 11.8 Å². The predicted molar refractivity (Wildman–Crippen MR) is 71.9 cm³/mol. The van der Waals surface area contributed by atoms with Crippen LogP contribution in [-0.4, -0.2) is 68.5 Å². The second kappa shape index (κ2) is 4.66. The SMILES string of the molecule is CC1(C)C2CNCC2CN1S(=O)(=O)N1CCOCC1. The molecule has 1 N–H and O–H groups in total. The molecule has 0 radical (unpaired) electrons. The lowest BCUT2D eigenvalue weighted by atomic mass is 9.85. The topological polar surface area (TPSA) is 61.9 Å². The Hall–Kier alpha value is -0.210. The third-order valence-electron chi connectivity index (χ3n) is 4.87. The van der Waals surface area contributed by atoms with Crippen LogP contribution in [0.25, 0.3) is 0 Å². The molecule has 3 saturated heterocycles. The third kappa shape index (κ3) is 2.12. The van der Waals surface area contributed by atoms with E-state index in [0.717, 1.165) is 13.1 Å². The molecule has 110 valence electrons. The van der Waals surface area contributed by atoms with Crippen LogP contribution >= 0.6 is 0 Å². The van der Waals surface area contributed by atoms with Gasteiger partial charge in [0.25, 0.3) is 10.2 Å². The van der Waals surface area contributed by atoms with Gasteiger partial charge in [-0.15, -0.1) is 0 Å². The van der Waals surface area contributed by atoms with Crippen molar-refractivity contribution in [3.05, 3.63) is 0 Å². The predicted octanol–water partition coefficient (Wildman–Crippen LogP) is -0.507. The Balaban J connectivity index is 1.85. The molecule has 19 heavy (non-hydrogen) atoms. The lowest BCUT2D eigenvalue weighted by Gasteiger charge is -2.38. The van der Waals surface area contributed by atoms with Gasteiger partial charge in [-0.05, 0) is 32.2 Å². The number of rotatable bonds is 2. The van der Waals surface area contributed by atoms with Crippen molar-refractivity contribution in [3.63, 3.8) is 0 Å². The number of morpholine rings is 1. The summed E-state index contributed by atoms with van der Waals surface area (Å²) in [5, 5.41) is 3.38. The Morgan fingerprint density at radius 3 is 2.53 bits per heavy atom. The highest BCUT2D eigenvalue weighted by Crippen LogP contribution is 2.42. The maximum atomic E-state index is 12.8. The second-order valence-corrected chi connectivity index (χ2v) is 8.08. The highest BCUT2D eigenvalue weighted by Gasteiger charge is 2.54. The minimum atomic E-state index is -3.35. The van der Waals surface area contributed by atoms with Crippen molar-refractivity contribution in [1.29, 1.82) is 0 Å². The summed E-state index contributed by atoms with van der Waals surface area (Å²) in [5.41, 5.74) is -0.300. The number of hydrogen-bond acceptors (Lipinski definition) is 4. The molecule has 2 atom stereocenters. The van der Waals surface area contributed by atoms with Gasteiger partial charge in [0.05, 0.1) is 13.2 Å². The van der Waals surface area contributed by atoms with Gasteiger partial charge < -0.3 is 10.1 Å². The van der Waals surface area contributed by atoms with E-state index in [0.29, 0.717) is 44.7 Å². The van der Waals surface area contributed by atoms with E-state index in [2.05, 4.69) is 19.2 Å². The summed E-state index contributed by atoms with van der Waals surface area (Å²) in [4.78, 5) is 0. The van der Waals surface area contributed by atoms with Gasteiger partial charge >= 0.3 is 0 Å². The Morgan fingerprint density at radius 2 is 1.89 bits per heavy atom. The number of hydrogen-bond donors (Lipinski definition) is 1. The van der Waals surface area contributed by atoms with Crippen LogP contribution in [0.1, 0.15) is 13.8 Å². The average molecular weight is 289 g/mol. The zero-order valence-electron chi connectivity index (χ0n) is 11.6. The first kappa shape index (κ1) is 13.8. The van der Waals surface area contributed by atoms with Crippen molar-refractivity contribution in [2.45, 2.75) is 19.4 Å².